The van der Waals surface area contributed by atoms with Crippen LogP contribution in [-0.2, 0) is 29.9 Å². The number of hydrogen-bond acceptors (Lipinski definition) is 6. The zero-order chi connectivity index (χ0) is 18.6. The highest BCUT2D eigenvalue weighted by Gasteiger charge is 2.21. The Morgan fingerprint density at radius 1 is 1.19 bits per heavy atom. The largest absolute Gasteiger partial charge is 0.481 e. The quantitative estimate of drug-likeness (QED) is 0.609. The first-order valence-electron chi connectivity index (χ1n) is 9.09. The molecule has 0 spiro atoms. The van der Waals surface area contributed by atoms with Gasteiger partial charge in [0.2, 0.25) is 0 Å². The van der Waals surface area contributed by atoms with Crippen molar-refractivity contribution < 1.29 is 9.90 Å². The molecule has 1 aliphatic rings. The summed E-state index contributed by atoms with van der Waals surface area (Å²) in [6.45, 7) is 0.708. The fourth-order valence-corrected chi connectivity index (χ4v) is 5.27. The SMILES string of the molecule is O=C(O)CSCc1nc(NCc2ccccc2)c2c3c(sc2n1)CCCC3. The third-order valence-corrected chi connectivity index (χ3v) is 6.72. The minimum atomic E-state index is -0.810. The molecule has 1 aliphatic carbocycles. The molecule has 0 fully saturated rings. The Morgan fingerprint density at radius 2 is 2.00 bits per heavy atom. The summed E-state index contributed by atoms with van der Waals surface area (Å²) in [6.07, 6.45) is 4.66. The van der Waals surface area contributed by atoms with Crippen molar-refractivity contribution in [2.75, 3.05) is 11.1 Å². The lowest BCUT2D eigenvalue weighted by molar-refractivity contribution is -0.133. The van der Waals surface area contributed by atoms with Crippen LogP contribution >= 0.6 is 23.1 Å². The number of aromatic nitrogens is 2. The number of fused-ring (bicyclic) bond motifs is 3. The summed E-state index contributed by atoms with van der Waals surface area (Å²) < 4.78 is 0. The van der Waals surface area contributed by atoms with E-state index in [1.54, 1.807) is 11.3 Å². The third kappa shape index (κ3) is 4.25. The van der Waals surface area contributed by atoms with E-state index in [1.165, 1.54) is 40.6 Å². The van der Waals surface area contributed by atoms with Crippen molar-refractivity contribution in [1.82, 2.24) is 9.97 Å². The lowest BCUT2D eigenvalue weighted by Crippen LogP contribution is -2.07. The van der Waals surface area contributed by atoms with Gasteiger partial charge < -0.3 is 10.4 Å². The number of carboxylic acids is 1. The van der Waals surface area contributed by atoms with Crippen LogP contribution < -0.4 is 5.32 Å². The van der Waals surface area contributed by atoms with Gasteiger partial charge in [0, 0.05) is 11.4 Å². The molecule has 5 nitrogen and oxygen atoms in total. The number of thioether (sulfide) groups is 1. The molecule has 0 saturated carbocycles. The van der Waals surface area contributed by atoms with Gasteiger partial charge in [0.1, 0.15) is 16.5 Å². The van der Waals surface area contributed by atoms with Gasteiger partial charge in [0.25, 0.3) is 0 Å². The Hall–Kier alpha value is -2.12. The van der Waals surface area contributed by atoms with Crippen LogP contribution in [0.3, 0.4) is 0 Å². The number of thiophene rings is 1. The van der Waals surface area contributed by atoms with E-state index in [-0.39, 0.29) is 5.75 Å². The minimum Gasteiger partial charge on any atom is -0.481 e. The predicted octanol–water partition coefficient (Wildman–Crippen LogP) is 4.50. The summed E-state index contributed by atoms with van der Waals surface area (Å²) in [4.78, 5) is 22.8. The molecule has 3 aromatic rings. The second-order valence-corrected chi connectivity index (χ2v) is 8.67. The van der Waals surface area contributed by atoms with Gasteiger partial charge >= 0.3 is 5.97 Å². The average molecular weight is 400 g/mol. The molecule has 0 atom stereocenters. The van der Waals surface area contributed by atoms with Gasteiger partial charge in [-0.15, -0.1) is 23.1 Å². The fourth-order valence-electron chi connectivity index (χ4n) is 3.41. The van der Waals surface area contributed by atoms with Crippen molar-refractivity contribution >= 4 is 45.1 Å². The van der Waals surface area contributed by atoms with Gasteiger partial charge in [-0.05, 0) is 36.8 Å². The molecule has 4 rings (SSSR count). The highest BCUT2D eigenvalue weighted by atomic mass is 32.2. The van der Waals surface area contributed by atoms with Crippen LogP contribution in [0.5, 0.6) is 0 Å². The van der Waals surface area contributed by atoms with Gasteiger partial charge in [-0.1, -0.05) is 30.3 Å². The van der Waals surface area contributed by atoms with Gasteiger partial charge in [-0.25, -0.2) is 9.97 Å². The zero-order valence-electron chi connectivity index (χ0n) is 14.9. The van der Waals surface area contributed by atoms with Gasteiger partial charge in [-0.3, -0.25) is 4.79 Å². The molecule has 0 aliphatic heterocycles. The molecule has 1 aromatic carbocycles. The van der Waals surface area contributed by atoms with E-state index in [0.717, 1.165) is 28.9 Å². The molecular formula is C20H21N3O2S2. The molecule has 2 aromatic heterocycles. The van der Waals surface area contributed by atoms with Gasteiger partial charge in [0.05, 0.1) is 16.9 Å². The van der Waals surface area contributed by atoms with E-state index in [9.17, 15) is 4.79 Å². The number of anilines is 1. The van der Waals surface area contributed by atoms with Gasteiger partial charge in [-0.2, -0.15) is 0 Å². The number of aliphatic carboxylic acids is 1. The highest BCUT2D eigenvalue weighted by molar-refractivity contribution is 7.99. The van der Waals surface area contributed by atoms with E-state index in [0.29, 0.717) is 18.1 Å². The van der Waals surface area contributed by atoms with Crippen molar-refractivity contribution in [1.29, 1.82) is 0 Å². The van der Waals surface area contributed by atoms with Crippen LogP contribution in [0.15, 0.2) is 30.3 Å². The monoisotopic (exact) mass is 399 g/mol. The van der Waals surface area contributed by atoms with Crippen LogP contribution in [0.4, 0.5) is 5.82 Å². The normalized spacial score (nSPS) is 13.5. The van der Waals surface area contributed by atoms with Crippen LogP contribution in [0.1, 0.15) is 34.7 Å². The third-order valence-electron chi connectivity index (χ3n) is 4.62. The Bertz CT molecular complexity index is 957. The Balaban J connectivity index is 1.66. The van der Waals surface area contributed by atoms with Crippen molar-refractivity contribution in [3.05, 3.63) is 52.2 Å². The molecular weight excluding hydrogens is 378 g/mol. The zero-order valence-corrected chi connectivity index (χ0v) is 16.5. The van der Waals surface area contributed by atoms with Crippen LogP contribution in [-0.4, -0.2) is 26.8 Å². The molecule has 27 heavy (non-hydrogen) atoms. The lowest BCUT2D eigenvalue weighted by atomic mass is 9.97. The molecule has 2 heterocycles. The molecule has 0 bridgehead atoms. The van der Waals surface area contributed by atoms with E-state index in [2.05, 4.69) is 17.4 Å². The second kappa shape index (κ2) is 8.27. The highest BCUT2D eigenvalue weighted by Crippen LogP contribution is 2.39. The number of benzene rings is 1. The molecule has 140 valence electrons. The van der Waals surface area contributed by atoms with Crippen molar-refractivity contribution in [3.63, 3.8) is 0 Å². The standard InChI is InChI=1S/C20H21N3O2S2/c24-17(25)12-26-11-16-22-19(21-10-13-6-2-1-3-7-13)18-14-8-4-5-9-15(14)27-20(18)23-16/h1-3,6-7H,4-5,8-12H2,(H,24,25)(H,21,22,23). The minimum absolute atomic E-state index is 0.0646. The van der Waals surface area contributed by atoms with Crippen LogP contribution in [0.25, 0.3) is 10.2 Å². The summed E-state index contributed by atoms with van der Waals surface area (Å²) in [6, 6.07) is 10.3. The summed E-state index contributed by atoms with van der Waals surface area (Å²) in [7, 11) is 0. The number of aryl methyl sites for hydroxylation is 2. The number of carbonyl (C=O) groups is 1. The number of rotatable bonds is 7. The molecule has 2 N–H and O–H groups in total. The summed E-state index contributed by atoms with van der Waals surface area (Å²) in [5.41, 5.74) is 2.61. The molecule has 0 saturated heterocycles. The maximum atomic E-state index is 10.8. The topological polar surface area (TPSA) is 75.1 Å². The number of carboxylic acid groups (broad SMARTS) is 1. The average Bonchev–Trinajstić information content (AvgIpc) is 3.05. The van der Waals surface area contributed by atoms with E-state index >= 15 is 0 Å². The smallest absolute Gasteiger partial charge is 0.313 e. The van der Waals surface area contributed by atoms with E-state index in [1.807, 2.05) is 18.2 Å². The van der Waals surface area contributed by atoms with E-state index < -0.39 is 5.97 Å². The summed E-state index contributed by atoms with van der Waals surface area (Å²) in [5.74, 6) is 1.34. The predicted molar refractivity (Wildman–Crippen MR) is 112 cm³/mol. The van der Waals surface area contributed by atoms with Crippen molar-refractivity contribution in [3.8, 4) is 0 Å². The summed E-state index contributed by atoms with van der Waals surface area (Å²) >= 11 is 3.11. The molecule has 0 unspecified atom stereocenters. The van der Waals surface area contributed by atoms with Crippen molar-refractivity contribution in [2.45, 2.75) is 38.0 Å². The first-order valence-corrected chi connectivity index (χ1v) is 11.1. The van der Waals surface area contributed by atoms with Gasteiger partial charge in [0.15, 0.2) is 0 Å². The number of nitrogens with one attached hydrogen (secondary N) is 1. The Labute approximate surface area is 166 Å². The van der Waals surface area contributed by atoms with Crippen LogP contribution in [0.2, 0.25) is 0 Å². The summed E-state index contributed by atoms with van der Waals surface area (Å²) in [5, 5.41) is 13.5. The first-order chi connectivity index (χ1) is 13.2. The van der Waals surface area contributed by atoms with E-state index in [4.69, 9.17) is 15.1 Å². The van der Waals surface area contributed by atoms with Crippen LogP contribution in [0, 0.1) is 0 Å². The Kier molecular flexibility index (Phi) is 5.59. The Morgan fingerprint density at radius 3 is 2.81 bits per heavy atom. The molecule has 7 heteroatoms. The first kappa shape index (κ1) is 18.3. The molecule has 0 amide bonds. The fraction of sp³-hybridized carbons (Fsp3) is 0.350. The number of nitrogens with zero attached hydrogens (tertiary/aromatic N) is 2. The lowest BCUT2D eigenvalue weighted by Gasteiger charge is -2.13. The maximum absolute atomic E-state index is 10.8. The second-order valence-electron chi connectivity index (χ2n) is 6.61. The molecule has 0 radical (unpaired) electrons. The van der Waals surface area contributed by atoms with Crippen molar-refractivity contribution in [2.24, 2.45) is 0 Å². The maximum Gasteiger partial charge on any atom is 0.313 e. The number of hydrogen-bond donors (Lipinski definition) is 2.